The lowest BCUT2D eigenvalue weighted by Gasteiger charge is -2.42. The number of aliphatic carboxylic acids is 1. The van der Waals surface area contributed by atoms with Crippen molar-refractivity contribution >= 4 is 17.6 Å². The molecule has 0 spiro atoms. The molecule has 1 aliphatic carbocycles. The van der Waals surface area contributed by atoms with Crippen molar-refractivity contribution in [2.75, 3.05) is 0 Å². The summed E-state index contributed by atoms with van der Waals surface area (Å²) < 4.78 is 13.6. The molecule has 17 heavy (non-hydrogen) atoms. The second-order valence-corrected chi connectivity index (χ2v) is 4.89. The molecule has 3 nitrogen and oxygen atoms in total. The number of rotatable bonds is 3. The molecule has 0 radical (unpaired) electrons. The lowest BCUT2D eigenvalue weighted by molar-refractivity contribution is -0.156. The van der Waals surface area contributed by atoms with Crippen molar-refractivity contribution in [2.24, 2.45) is 11.1 Å². The fourth-order valence-electron chi connectivity index (χ4n) is 2.27. The van der Waals surface area contributed by atoms with Gasteiger partial charge in [0.2, 0.25) is 0 Å². The Morgan fingerprint density at radius 2 is 2.18 bits per heavy atom. The van der Waals surface area contributed by atoms with Crippen molar-refractivity contribution in [3.8, 4) is 0 Å². The van der Waals surface area contributed by atoms with E-state index in [9.17, 15) is 14.3 Å². The molecular weight excluding hydrogens is 245 g/mol. The van der Waals surface area contributed by atoms with E-state index >= 15 is 0 Å². The topological polar surface area (TPSA) is 63.3 Å². The van der Waals surface area contributed by atoms with Gasteiger partial charge in [-0.1, -0.05) is 18.0 Å². The number of carboxylic acids is 1. The first-order valence-electron chi connectivity index (χ1n) is 5.41. The molecule has 1 aliphatic rings. The van der Waals surface area contributed by atoms with Gasteiger partial charge in [-0.15, -0.1) is 0 Å². The van der Waals surface area contributed by atoms with Crippen molar-refractivity contribution in [2.45, 2.75) is 25.3 Å². The number of carboxylic acid groups (broad SMARTS) is 1. The molecule has 1 saturated carbocycles. The molecule has 0 aliphatic heterocycles. The predicted molar refractivity (Wildman–Crippen MR) is 62.3 cm³/mol. The summed E-state index contributed by atoms with van der Waals surface area (Å²) in [7, 11) is 0. The van der Waals surface area contributed by atoms with E-state index in [1.54, 1.807) is 0 Å². The van der Waals surface area contributed by atoms with E-state index in [1.165, 1.54) is 18.2 Å². The average Bonchev–Trinajstić information content (AvgIpc) is 2.19. The number of carbonyl (C=O) groups is 1. The molecule has 1 atom stereocenters. The quantitative estimate of drug-likeness (QED) is 0.875. The summed E-state index contributed by atoms with van der Waals surface area (Å²) in [5.74, 6) is -1.47. The Labute approximate surface area is 103 Å². The minimum Gasteiger partial charge on any atom is -0.481 e. The smallest absolute Gasteiger partial charge is 0.311 e. The van der Waals surface area contributed by atoms with Gasteiger partial charge in [-0.3, -0.25) is 4.79 Å². The summed E-state index contributed by atoms with van der Waals surface area (Å²) in [6, 6.07) is 3.19. The highest BCUT2D eigenvalue weighted by Crippen LogP contribution is 2.49. The van der Waals surface area contributed by atoms with Crippen molar-refractivity contribution in [1.82, 2.24) is 0 Å². The van der Waals surface area contributed by atoms with Crippen molar-refractivity contribution in [3.63, 3.8) is 0 Å². The molecule has 92 valence electrons. The number of halogens is 2. The van der Waals surface area contributed by atoms with Crippen LogP contribution in [0.1, 0.15) is 30.9 Å². The Balaban J connectivity index is 2.39. The van der Waals surface area contributed by atoms with Crippen LogP contribution < -0.4 is 5.73 Å². The van der Waals surface area contributed by atoms with Crippen LogP contribution >= 0.6 is 11.6 Å². The molecule has 1 aromatic rings. The first kappa shape index (κ1) is 12.3. The lowest BCUT2D eigenvalue weighted by atomic mass is 9.62. The van der Waals surface area contributed by atoms with Crippen LogP contribution in [0.15, 0.2) is 18.2 Å². The van der Waals surface area contributed by atoms with E-state index in [0.717, 1.165) is 6.42 Å². The second kappa shape index (κ2) is 4.27. The van der Waals surface area contributed by atoms with Crippen LogP contribution in [0.5, 0.6) is 0 Å². The summed E-state index contributed by atoms with van der Waals surface area (Å²) in [5, 5.41) is 9.60. The molecule has 0 amide bonds. The van der Waals surface area contributed by atoms with Gasteiger partial charge in [0.1, 0.15) is 5.82 Å². The Kier molecular flexibility index (Phi) is 3.10. The Hall–Kier alpha value is -1.13. The maximum Gasteiger partial charge on any atom is 0.311 e. The van der Waals surface area contributed by atoms with Gasteiger partial charge >= 0.3 is 5.97 Å². The molecule has 3 N–H and O–H groups in total. The minimum absolute atomic E-state index is 0.180. The van der Waals surface area contributed by atoms with E-state index < -0.39 is 23.2 Å². The summed E-state index contributed by atoms with van der Waals surface area (Å²) in [5.41, 5.74) is 5.07. The van der Waals surface area contributed by atoms with Gasteiger partial charge in [0.25, 0.3) is 0 Å². The predicted octanol–water partition coefficient (Wildman–Crippen LogP) is 2.73. The zero-order chi connectivity index (χ0) is 12.6. The summed E-state index contributed by atoms with van der Waals surface area (Å²) in [4.78, 5) is 11.3. The van der Waals surface area contributed by atoms with Gasteiger partial charge in [-0.2, -0.15) is 0 Å². The molecule has 1 unspecified atom stereocenters. The SMILES string of the molecule is NC(c1cc(Cl)ccc1F)C1(C(=O)O)CCC1. The summed E-state index contributed by atoms with van der Waals surface area (Å²) in [6.45, 7) is 0. The largest absolute Gasteiger partial charge is 0.481 e. The minimum atomic E-state index is -1.04. The maximum absolute atomic E-state index is 13.6. The van der Waals surface area contributed by atoms with Gasteiger partial charge in [0, 0.05) is 16.6 Å². The zero-order valence-corrected chi connectivity index (χ0v) is 9.88. The first-order chi connectivity index (χ1) is 7.97. The molecule has 0 saturated heterocycles. The van der Waals surface area contributed by atoms with E-state index in [0.29, 0.717) is 17.9 Å². The fourth-order valence-corrected chi connectivity index (χ4v) is 2.45. The number of benzene rings is 1. The Morgan fingerprint density at radius 1 is 1.53 bits per heavy atom. The van der Waals surface area contributed by atoms with Crippen LogP contribution in [0.25, 0.3) is 0 Å². The molecule has 1 fully saturated rings. The van der Waals surface area contributed by atoms with Crippen LogP contribution in [0, 0.1) is 11.2 Å². The molecule has 1 aromatic carbocycles. The lowest BCUT2D eigenvalue weighted by Crippen LogP contribution is -2.47. The summed E-state index contributed by atoms with van der Waals surface area (Å²) in [6.07, 6.45) is 1.77. The second-order valence-electron chi connectivity index (χ2n) is 4.46. The van der Waals surface area contributed by atoms with E-state index in [-0.39, 0.29) is 5.56 Å². The van der Waals surface area contributed by atoms with Gasteiger partial charge < -0.3 is 10.8 Å². The van der Waals surface area contributed by atoms with Crippen LogP contribution in [0.3, 0.4) is 0 Å². The highest BCUT2D eigenvalue weighted by molar-refractivity contribution is 6.30. The van der Waals surface area contributed by atoms with Gasteiger partial charge in [-0.25, -0.2) is 4.39 Å². The van der Waals surface area contributed by atoms with Crippen LogP contribution in [-0.2, 0) is 4.79 Å². The third-order valence-electron chi connectivity index (χ3n) is 3.56. The molecule has 0 heterocycles. The monoisotopic (exact) mass is 257 g/mol. The normalized spacial score (nSPS) is 19.5. The molecular formula is C12H13ClFNO2. The number of hydrogen-bond donors (Lipinski definition) is 2. The maximum atomic E-state index is 13.6. The van der Waals surface area contributed by atoms with Crippen molar-refractivity contribution in [1.29, 1.82) is 0 Å². The highest BCUT2D eigenvalue weighted by Gasteiger charge is 2.50. The molecule has 0 bridgehead atoms. The van der Waals surface area contributed by atoms with Crippen LogP contribution in [0.4, 0.5) is 4.39 Å². The van der Waals surface area contributed by atoms with Crippen LogP contribution in [0.2, 0.25) is 5.02 Å². The van der Waals surface area contributed by atoms with Gasteiger partial charge in [-0.05, 0) is 31.0 Å². The van der Waals surface area contributed by atoms with Crippen molar-refractivity contribution < 1.29 is 14.3 Å². The summed E-state index contributed by atoms with van der Waals surface area (Å²) >= 11 is 5.78. The van der Waals surface area contributed by atoms with E-state index in [1.807, 2.05) is 0 Å². The molecule has 0 aromatic heterocycles. The first-order valence-corrected chi connectivity index (χ1v) is 5.79. The Bertz CT molecular complexity index is 460. The third kappa shape index (κ3) is 1.91. The Morgan fingerprint density at radius 3 is 2.65 bits per heavy atom. The highest BCUT2D eigenvalue weighted by atomic mass is 35.5. The number of hydrogen-bond acceptors (Lipinski definition) is 2. The average molecular weight is 258 g/mol. The standard InChI is InChI=1S/C12H13ClFNO2/c13-7-2-3-9(14)8(6-7)10(15)12(11(16)17)4-1-5-12/h2-3,6,10H,1,4-5,15H2,(H,16,17). The third-order valence-corrected chi connectivity index (χ3v) is 3.80. The van der Waals surface area contributed by atoms with Crippen LogP contribution in [-0.4, -0.2) is 11.1 Å². The fraction of sp³-hybridized carbons (Fsp3) is 0.417. The molecule has 2 rings (SSSR count). The van der Waals surface area contributed by atoms with E-state index in [4.69, 9.17) is 17.3 Å². The molecule has 5 heteroatoms. The van der Waals surface area contributed by atoms with Crippen molar-refractivity contribution in [3.05, 3.63) is 34.6 Å². The van der Waals surface area contributed by atoms with E-state index in [2.05, 4.69) is 0 Å². The zero-order valence-electron chi connectivity index (χ0n) is 9.12. The van der Waals surface area contributed by atoms with Gasteiger partial charge in [0.15, 0.2) is 0 Å². The van der Waals surface area contributed by atoms with Gasteiger partial charge in [0.05, 0.1) is 5.41 Å². The number of nitrogens with two attached hydrogens (primary N) is 1.